The van der Waals surface area contributed by atoms with Crippen LogP contribution in [-0.2, 0) is 0 Å². The molecule has 0 atom stereocenters. The first kappa shape index (κ1) is 11.6. The molecule has 1 aromatic carbocycles. The lowest BCUT2D eigenvalue weighted by Gasteiger charge is -2.07. The van der Waals surface area contributed by atoms with E-state index in [4.69, 9.17) is 16.9 Å². The van der Waals surface area contributed by atoms with Crippen LogP contribution in [0, 0.1) is 25.2 Å². The molecule has 0 saturated carbocycles. The minimum Gasteiger partial charge on any atom is -0.234 e. The van der Waals surface area contributed by atoms with Crippen LogP contribution in [0.15, 0.2) is 30.3 Å². The fraction of sp³-hybridized carbons (Fsp3) is 0.143. The number of nitriles is 1. The van der Waals surface area contributed by atoms with Gasteiger partial charge in [-0.2, -0.15) is 5.26 Å². The smallest absolute Gasteiger partial charge is 0.147 e. The number of aryl methyl sites for hydroxylation is 2. The zero-order chi connectivity index (χ0) is 12.4. The van der Waals surface area contributed by atoms with Gasteiger partial charge in [0.1, 0.15) is 11.2 Å². The number of rotatable bonds is 1. The summed E-state index contributed by atoms with van der Waals surface area (Å²) in [4.78, 5) is 4.29. The van der Waals surface area contributed by atoms with Crippen molar-refractivity contribution >= 4 is 11.6 Å². The van der Waals surface area contributed by atoms with E-state index in [1.165, 1.54) is 5.56 Å². The zero-order valence-electron chi connectivity index (χ0n) is 9.66. The average molecular weight is 243 g/mol. The third-order valence-corrected chi connectivity index (χ3v) is 2.90. The Morgan fingerprint density at radius 3 is 2.41 bits per heavy atom. The maximum atomic E-state index is 8.87. The average Bonchev–Trinajstić information content (AvgIpc) is 2.33. The van der Waals surface area contributed by atoms with Gasteiger partial charge in [-0.3, -0.25) is 0 Å². The first-order valence-electron chi connectivity index (χ1n) is 5.26. The van der Waals surface area contributed by atoms with Gasteiger partial charge in [0.15, 0.2) is 0 Å². The molecular weight excluding hydrogens is 232 g/mol. The number of hydrogen-bond donors (Lipinski definition) is 0. The molecular formula is C14H11ClN2. The number of benzene rings is 1. The monoisotopic (exact) mass is 242 g/mol. The van der Waals surface area contributed by atoms with Gasteiger partial charge >= 0.3 is 0 Å². The number of nitrogens with zero attached hydrogens (tertiary/aromatic N) is 2. The normalized spacial score (nSPS) is 10.0. The lowest BCUT2D eigenvalue weighted by molar-refractivity contribution is 1.25. The van der Waals surface area contributed by atoms with Crippen LogP contribution in [0.4, 0.5) is 0 Å². The predicted octanol–water partition coefficient (Wildman–Crippen LogP) is 3.89. The highest BCUT2D eigenvalue weighted by Gasteiger charge is 2.08. The van der Waals surface area contributed by atoms with Crippen molar-refractivity contribution in [2.75, 3.05) is 0 Å². The Balaban J connectivity index is 2.57. The van der Waals surface area contributed by atoms with Crippen molar-refractivity contribution in [1.82, 2.24) is 4.98 Å². The maximum absolute atomic E-state index is 8.87. The molecule has 0 aliphatic carbocycles. The van der Waals surface area contributed by atoms with Crippen molar-refractivity contribution in [1.29, 1.82) is 5.26 Å². The third-order valence-electron chi connectivity index (χ3n) is 2.61. The first-order valence-corrected chi connectivity index (χ1v) is 5.64. The number of hydrogen-bond acceptors (Lipinski definition) is 2. The minimum atomic E-state index is 0.258. The second-order valence-electron chi connectivity index (χ2n) is 3.97. The van der Waals surface area contributed by atoms with E-state index in [0.29, 0.717) is 5.56 Å². The minimum absolute atomic E-state index is 0.258. The lowest BCUT2D eigenvalue weighted by Crippen LogP contribution is -1.92. The molecule has 0 amide bonds. The second-order valence-corrected chi connectivity index (χ2v) is 4.33. The van der Waals surface area contributed by atoms with E-state index in [-0.39, 0.29) is 5.15 Å². The van der Waals surface area contributed by atoms with E-state index in [0.717, 1.165) is 16.8 Å². The van der Waals surface area contributed by atoms with Crippen LogP contribution >= 0.6 is 11.6 Å². The molecule has 17 heavy (non-hydrogen) atoms. The fourth-order valence-corrected chi connectivity index (χ4v) is 1.85. The summed E-state index contributed by atoms with van der Waals surface area (Å²) in [5.74, 6) is 0. The van der Waals surface area contributed by atoms with Gasteiger partial charge in [0, 0.05) is 5.56 Å². The standard InChI is InChI=1S/C14H11ClN2/c1-9-3-5-11(6-4-9)13-10(2)7-12(8-16)14(15)17-13/h3-7H,1-2H3. The van der Waals surface area contributed by atoms with Gasteiger partial charge in [0.2, 0.25) is 0 Å². The van der Waals surface area contributed by atoms with Crippen LogP contribution in [0.3, 0.4) is 0 Å². The van der Waals surface area contributed by atoms with Crippen LogP contribution in [-0.4, -0.2) is 4.98 Å². The molecule has 0 N–H and O–H groups in total. The predicted molar refractivity (Wildman–Crippen MR) is 68.9 cm³/mol. The Morgan fingerprint density at radius 1 is 1.18 bits per heavy atom. The summed E-state index contributed by atoms with van der Waals surface area (Å²) in [5.41, 5.74) is 4.41. The van der Waals surface area contributed by atoms with E-state index in [2.05, 4.69) is 4.98 Å². The van der Waals surface area contributed by atoms with Crippen molar-refractivity contribution in [3.63, 3.8) is 0 Å². The van der Waals surface area contributed by atoms with Crippen LogP contribution in [0.2, 0.25) is 5.15 Å². The summed E-state index contributed by atoms with van der Waals surface area (Å²) in [6.45, 7) is 3.97. The third kappa shape index (κ3) is 2.30. The number of pyridine rings is 1. The van der Waals surface area contributed by atoms with Crippen molar-refractivity contribution < 1.29 is 0 Å². The molecule has 0 fully saturated rings. The van der Waals surface area contributed by atoms with Crippen LogP contribution < -0.4 is 0 Å². The quantitative estimate of drug-likeness (QED) is 0.712. The molecule has 0 unspecified atom stereocenters. The van der Waals surface area contributed by atoms with E-state index in [1.807, 2.05) is 44.2 Å². The maximum Gasteiger partial charge on any atom is 0.147 e. The van der Waals surface area contributed by atoms with Crippen molar-refractivity contribution in [3.05, 3.63) is 52.2 Å². The van der Waals surface area contributed by atoms with Crippen LogP contribution in [0.5, 0.6) is 0 Å². The molecule has 1 heterocycles. The lowest BCUT2D eigenvalue weighted by atomic mass is 10.0. The first-order chi connectivity index (χ1) is 8.11. The summed E-state index contributed by atoms with van der Waals surface area (Å²) in [7, 11) is 0. The molecule has 3 heteroatoms. The van der Waals surface area contributed by atoms with Gasteiger partial charge in [-0.1, -0.05) is 41.4 Å². The summed E-state index contributed by atoms with van der Waals surface area (Å²) in [6.07, 6.45) is 0. The zero-order valence-corrected chi connectivity index (χ0v) is 10.4. The highest BCUT2D eigenvalue weighted by Crippen LogP contribution is 2.25. The van der Waals surface area contributed by atoms with E-state index < -0.39 is 0 Å². The van der Waals surface area contributed by atoms with Gasteiger partial charge in [0.25, 0.3) is 0 Å². The van der Waals surface area contributed by atoms with Crippen LogP contribution in [0.25, 0.3) is 11.3 Å². The topological polar surface area (TPSA) is 36.7 Å². The molecule has 2 aromatic rings. The Morgan fingerprint density at radius 2 is 1.82 bits per heavy atom. The molecule has 2 nitrogen and oxygen atoms in total. The molecule has 0 aliphatic heterocycles. The molecule has 2 rings (SSSR count). The molecule has 0 bridgehead atoms. The largest absolute Gasteiger partial charge is 0.234 e. The summed E-state index contributed by atoms with van der Waals surface area (Å²) in [5, 5.41) is 9.12. The molecule has 1 aromatic heterocycles. The molecule has 0 spiro atoms. The van der Waals surface area contributed by atoms with Crippen LogP contribution in [0.1, 0.15) is 16.7 Å². The van der Waals surface area contributed by atoms with Crippen molar-refractivity contribution in [3.8, 4) is 17.3 Å². The Kier molecular flexibility index (Phi) is 3.12. The van der Waals surface area contributed by atoms with Gasteiger partial charge in [-0.15, -0.1) is 0 Å². The Labute approximate surface area is 105 Å². The fourth-order valence-electron chi connectivity index (χ4n) is 1.67. The molecule has 0 radical (unpaired) electrons. The summed E-state index contributed by atoms with van der Waals surface area (Å²) < 4.78 is 0. The Bertz CT molecular complexity index is 595. The molecule has 0 saturated heterocycles. The van der Waals surface area contributed by atoms with Crippen molar-refractivity contribution in [2.45, 2.75) is 13.8 Å². The molecule has 0 aliphatic rings. The van der Waals surface area contributed by atoms with Gasteiger partial charge in [-0.25, -0.2) is 4.98 Å². The highest BCUT2D eigenvalue weighted by molar-refractivity contribution is 6.30. The van der Waals surface area contributed by atoms with Gasteiger partial charge in [0.05, 0.1) is 11.3 Å². The van der Waals surface area contributed by atoms with E-state index in [1.54, 1.807) is 6.07 Å². The van der Waals surface area contributed by atoms with E-state index >= 15 is 0 Å². The SMILES string of the molecule is Cc1ccc(-c2nc(Cl)c(C#N)cc2C)cc1. The molecule has 84 valence electrons. The highest BCUT2D eigenvalue weighted by atomic mass is 35.5. The summed E-state index contributed by atoms with van der Waals surface area (Å²) in [6, 6.07) is 11.9. The van der Waals surface area contributed by atoms with E-state index in [9.17, 15) is 0 Å². The summed E-state index contributed by atoms with van der Waals surface area (Å²) >= 11 is 5.95. The van der Waals surface area contributed by atoms with Crippen molar-refractivity contribution in [2.24, 2.45) is 0 Å². The van der Waals surface area contributed by atoms with Gasteiger partial charge < -0.3 is 0 Å². The second kappa shape index (κ2) is 4.57. The number of aromatic nitrogens is 1. The Hall–Kier alpha value is -1.85. The van der Waals surface area contributed by atoms with Gasteiger partial charge in [-0.05, 0) is 25.5 Å². The number of halogens is 1.